The van der Waals surface area contributed by atoms with Gasteiger partial charge in [-0.15, -0.1) is 0 Å². The Hall–Kier alpha value is -3.14. The Labute approximate surface area is 251 Å². The first-order chi connectivity index (χ1) is 19.6. The number of nitrogens with zero attached hydrogens (tertiary/aromatic N) is 1. The molecule has 9 heteroatoms. The van der Waals surface area contributed by atoms with Gasteiger partial charge in [-0.3, -0.25) is 4.79 Å². The first-order valence-electron chi connectivity index (χ1n) is 14.7. The van der Waals surface area contributed by atoms with E-state index in [1.165, 1.54) is 6.07 Å². The number of hydrogen-bond donors (Lipinski definition) is 2. The summed E-state index contributed by atoms with van der Waals surface area (Å²) in [5.74, 6) is 0.330. The monoisotopic (exact) mass is 596 g/mol. The number of H-pyrrole nitrogens is 1. The van der Waals surface area contributed by atoms with Crippen molar-refractivity contribution in [2.24, 2.45) is 0 Å². The Morgan fingerprint density at radius 2 is 1.69 bits per heavy atom. The summed E-state index contributed by atoms with van der Waals surface area (Å²) in [5, 5.41) is 10.9. The molecule has 0 fully saturated rings. The van der Waals surface area contributed by atoms with Crippen LogP contribution in [0.3, 0.4) is 0 Å². The molecule has 3 rings (SSSR count). The highest BCUT2D eigenvalue weighted by Crippen LogP contribution is 2.37. The summed E-state index contributed by atoms with van der Waals surface area (Å²) in [6.45, 7) is 17.8. The topological polar surface area (TPSA) is 101 Å². The van der Waals surface area contributed by atoms with Crippen LogP contribution in [0.15, 0.2) is 59.4 Å². The van der Waals surface area contributed by atoms with Crippen LogP contribution in [0.25, 0.3) is 10.9 Å². The number of ether oxygens (including phenoxy) is 2. The lowest BCUT2D eigenvalue weighted by molar-refractivity contribution is 0.0205. The minimum Gasteiger partial charge on any atom is -0.487 e. The fourth-order valence-corrected chi connectivity index (χ4v) is 5.47. The Morgan fingerprint density at radius 3 is 2.31 bits per heavy atom. The van der Waals surface area contributed by atoms with Gasteiger partial charge in [0.15, 0.2) is 8.32 Å². The highest BCUT2D eigenvalue weighted by atomic mass is 28.4. The molecular formula is C33H48N2O6Si. The molecule has 0 aliphatic rings. The molecule has 1 amide bonds. The number of aromatic amines is 1. The molecule has 0 aliphatic heterocycles. The van der Waals surface area contributed by atoms with Gasteiger partial charge < -0.3 is 28.9 Å². The molecule has 0 saturated heterocycles. The molecule has 3 aromatic rings. The average molecular weight is 597 g/mol. The van der Waals surface area contributed by atoms with Crippen LogP contribution >= 0.6 is 0 Å². The van der Waals surface area contributed by atoms with Crippen LogP contribution in [0.5, 0.6) is 5.75 Å². The van der Waals surface area contributed by atoms with Gasteiger partial charge in [-0.05, 0) is 68.6 Å². The summed E-state index contributed by atoms with van der Waals surface area (Å²) >= 11 is 0. The Morgan fingerprint density at radius 1 is 1.00 bits per heavy atom. The van der Waals surface area contributed by atoms with E-state index in [9.17, 15) is 14.7 Å². The summed E-state index contributed by atoms with van der Waals surface area (Å²) in [7, 11) is -2.02. The Balaban J connectivity index is 1.93. The van der Waals surface area contributed by atoms with E-state index >= 15 is 0 Å². The number of nitrogens with one attached hydrogen (secondary N) is 1. The van der Waals surface area contributed by atoms with Crippen LogP contribution in [0.4, 0.5) is 4.79 Å². The van der Waals surface area contributed by atoms with Gasteiger partial charge in [0.05, 0.1) is 12.1 Å². The number of hydrogen-bond acceptors (Lipinski definition) is 6. The van der Waals surface area contributed by atoms with Crippen LogP contribution in [0, 0.1) is 0 Å². The summed E-state index contributed by atoms with van der Waals surface area (Å²) in [5.41, 5.74) is 1.61. The normalized spacial score (nSPS) is 13.2. The molecule has 2 aromatic carbocycles. The minimum absolute atomic E-state index is 0.0450. The van der Waals surface area contributed by atoms with Gasteiger partial charge in [0.2, 0.25) is 5.56 Å². The molecule has 0 bridgehead atoms. The molecular weight excluding hydrogens is 548 g/mol. The second kappa shape index (κ2) is 13.9. The third-order valence-electron chi connectivity index (χ3n) is 7.77. The van der Waals surface area contributed by atoms with E-state index in [1.54, 1.807) is 11.0 Å². The zero-order valence-corrected chi connectivity index (χ0v) is 27.5. The lowest BCUT2D eigenvalue weighted by atomic mass is 9.91. The number of pyridine rings is 1. The van der Waals surface area contributed by atoms with Crippen molar-refractivity contribution in [1.82, 2.24) is 9.88 Å². The van der Waals surface area contributed by atoms with Gasteiger partial charge in [0.25, 0.3) is 0 Å². The van der Waals surface area contributed by atoms with Crippen LogP contribution in [-0.4, -0.2) is 61.3 Å². The summed E-state index contributed by atoms with van der Waals surface area (Å²) in [4.78, 5) is 30.4. The number of aliphatic hydroxyl groups excluding tert-OH is 1. The maximum absolute atomic E-state index is 13.4. The number of rotatable bonds is 12. The van der Waals surface area contributed by atoms with Gasteiger partial charge in [-0.2, -0.15) is 0 Å². The van der Waals surface area contributed by atoms with Crippen molar-refractivity contribution in [2.45, 2.75) is 84.2 Å². The lowest BCUT2D eigenvalue weighted by Gasteiger charge is -2.37. The Bertz CT molecular complexity index is 1380. The van der Waals surface area contributed by atoms with Crippen molar-refractivity contribution in [2.75, 3.05) is 26.3 Å². The standard InChI is InChI=1S/C33H48N2O6Si/c1-32(2,3)41-31(38)35(19-21-40-42(7,8)33(4,5)6)22-25(18-20-36)26-14-16-28(30-27(26)15-17-29(37)34-30)39-23-24-12-10-9-11-13-24/h9-17,25,36H,18-23H2,1-8H3,(H,34,37)/t25-/m0/s1. The summed E-state index contributed by atoms with van der Waals surface area (Å²) < 4.78 is 18.3. The first kappa shape index (κ1) is 33.4. The van der Waals surface area contributed by atoms with Crippen LogP contribution < -0.4 is 10.3 Å². The minimum atomic E-state index is -2.02. The number of benzene rings is 2. The number of carbonyl (C=O) groups excluding carboxylic acids is 1. The smallest absolute Gasteiger partial charge is 0.410 e. The second-order valence-corrected chi connectivity index (χ2v) is 18.1. The van der Waals surface area contributed by atoms with Gasteiger partial charge in [-0.1, -0.05) is 57.2 Å². The van der Waals surface area contributed by atoms with Gasteiger partial charge >= 0.3 is 6.09 Å². The van der Waals surface area contributed by atoms with E-state index in [0.717, 1.165) is 16.5 Å². The third-order valence-corrected chi connectivity index (χ3v) is 12.3. The van der Waals surface area contributed by atoms with Crippen molar-refractivity contribution < 1.29 is 23.8 Å². The number of aliphatic hydroxyl groups is 1. The molecule has 0 radical (unpaired) electrons. The lowest BCUT2D eigenvalue weighted by Crippen LogP contribution is -2.45. The first-order valence-corrected chi connectivity index (χ1v) is 17.6. The van der Waals surface area contributed by atoms with Crippen molar-refractivity contribution in [3.05, 3.63) is 76.1 Å². The quantitative estimate of drug-likeness (QED) is 0.222. The zero-order chi connectivity index (χ0) is 31.1. The second-order valence-electron chi connectivity index (χ2n) is 13.3. The zero-order valence-electron chi connectivity index (χ0n) is 26.5. The predicted octanol–water partition coefficient (Wildman–Crippen LogP) is 6.83. The van der Waals surface area contributed by atoms with Gasteiger partial charge in [0.1, 0.15) is 18.0 Å². The summed E-state index contributed by atoms with van der Waals surface area (Å²) in [6.07, 6.45) is -0.00862. The fourth-order valence-electron chi connectivity index (χ4n) is 4.44. The van der Waals surface area contributed by atoms with Crippen LogP contribution in [-0.2, 0) is 15.8 Å². The Kier molecular flexibility index (Phi) is 11.0. The van der Waals surface area contributed by atoms with E-state index in [0.29, 0.717) is 44.0 Å². The van der Waals surface area contributed by atoms with Crippen molar-refractivity contribution in [3.63, 3.8) is 0 Å². The van der Waals surface area contributed by atoms with Crippen molar-refractivity contribution in [1.29, 1.82) is 0 Å². The molecule has 2 N–H and O–H groups in total. The van der Waals surface area contributed by atoms with Crippen LogP contribution in [0.1, 0.15) is 65.0 Å². The molecule has 0 aliphatic carbocycles. The average Bonchev–Trinajstić information content (AvgIpc) is 2.89. The van der Waals surface area contributed by atoms with E-state index < -0.39 is 20.0 Å². The largest absolute Gasteiger partial charge is 0.487 e. The highest BCUT2D eigenvalue weighted by molar-refractivity contribution is 6.74. The molecule has 230 valence electrons. The summed E-state index contributed by atoms with van der Waals surface area (Å²) in [6, 6.07) is 16.9. The SMILES string of the molecule is CC(C)(C)OC(=O)N(CCO[Si](C)(C)C(C)(C)C)C[C@H](CCO)c1ccc(OCc2ccccc2)c2[nH]c(=O)ccc12. The van der Waals surface area contributed by atoms with E-state index in [1.807, 2.05) is 63.2 Å². The highest BCUT2D eigenvalue weighted by Gasteiger charge is 2.37. The molecule has 1 heterocycles. The molecule has 1 atom stereocenters. The molecule has 1 aromatic heterocycles. The van der Waals surface area contributed by atoms with E-state index in [4.69, 9.17) is 13.9 Å². The molecule has 0 saturated carbocycles. The van der Waals surface area contributed by atoms with E-state index in [-0.39, 0.29) is 23.1 Å². The van der Waals surface area contributed by atoms with Gasteiger partial charge in [0, 0.05) is 37.1 Å². The molecule has 8 nitrogen and oxygen atoms in total. The predicted molar refractivity (Wildman–Crippen MR) is 171 cm³/mol. The molecule has 0 unspecified atom stereocenters. The maximum atomic E-state index is 13.4. The fraction of sp³-hybridized carbons (Fsp3) is 0.515. The van der Waals surface area contributed by atoms with Crippen LogP contribution in [0.2, 0.25) is 18.1 Å². The number of carbonyl (C=O) groups is 1. The van der Waals surface area contributed by atoms with Crippen molar-refractivity contribution in [3.8, 4) is 5.75 Å². The third kappa shape index (κ3) is 9.18. The molecule has 0 spiro atoms. The maximum Gasteiger partial charge on any atom is 0.410 e. The van der Waals surface area contributed by atoms with Gasteiger partial charge in [-0.25, -0.2) is 4.79 Å². The number of aromatic nitrogens is 1. The van der Waals surface area contributed by atoms with Crippen molar-refractivity contribution >= 4 is 25.3 Å². The molecule has 42 heavy (non-hydrogen) atoms. The number of amides is 1. The number of fused-ring (bicyclic) bond motifs is 1. The van der Waals surface area contributed by atoms with E-state index in [2.05, 4.69) is 38.8 Å².